The van der Waals surface area contributed by atoms with Crippen LogP contribution in [0.5, 0.6) is 0 Å². The van der Waals surface area contributed by atoms with Crippen molar-refractivity contribution < 1.29 is 18.9 Å². The Morgan fingerprint density at radius 1 is 1.11 bits per heavy atom. The summed E-state index contributed by atoms with van der Waals surface area (Å²) in [6.07, 6.45) is 6.52. The normalized spacial score (nSPS) is 7.33. The summed E-state index contributed by atoms with van der Waals surface area (Å²) in [6.45, 7) is 5.98. The Labute approximate surface area is 82.1 Å². The molecular weight excluding hydrogens is 118 g/mol. The van der Waals surface area contributed by atoms with Crippen LogP contribution in [0, 0.1) is 6.92 Å². The van der Waals surface area contributed by atoms with Crippen LogP contribution in [0.2, 0.25) is 0 Å². The van der Waals surface area contributed by atoms with Crippen molar-refractivity contribution >= 4 is 17.4 Å². The van der Waals surface area contributed by atoms with Crippen molar-refractivity contribution in [1.29, 1.82) is 0 Å². The van der Waals surface area contributed by atoms with Gasteiger partial charge < -0.3 is 6.92 Å². The molecule has 0 aliphatic carbocycles. The van der Waals surface area contributed by atoms with Gasteiger partial charge in [0, 0.05) is 0 Å². The van der Waals surface area contributed by atoms with Crippen LogP contribution in [0.15, 0.2) is 0 Å². The van der Waals surface area contributed by atoms with E-state index >= 15 is 0 Å². The van der Waals surface area contributed by atoms with Crippen molar-refractivity contribution in [3.05, 3.63) is 6.92 Å². The zero-order valence-corrected chi connectivity index (χ0v) is 6.24. The molecule has 0 amide bonds. The van der Waals surface area contributed by atoms with E-state index in [4.69, 9.17) is 0 Å². The molecule has 0 rings (SSSR count). The molecule has 0 radical (unpaired) electrons. The van der Waals surface area contributed by atoms with Crippen LogP contribution < -0.4 is 18.9 Å². The summed E-state index contributed by atoms with van der Waals surface area (Å²) in [5, 5.41) is 0. The molecule has 0 N–H and O–H groups in total. The Morgan fingerprint density at radius 3 is 2.00 bits per heavy atom. The minimum absolute atomic E-state index is 0. The number of unbranched alkanes of at least 4 members (excludes halogenated alkanes) is 4. The topological polar surface area (TPSA) is 0 Å². The minimum atomic E-state index is 0. The third-order valence-electron chi connectivity index (χ3n) is 1.10. The van der Waals surface area contributed by atoms with Crippen molar-refractivity contribution in [3.8, 4) is 0 Å². The first-order valence-electron chi connectivity index (χ1n) is 3.21. The molecule has 0 aromatic heterocycles. The van der Waals surface area contributed by atoms with Crippen molar-refractivity contribution in [1.82, 2.24) is 0 Å². The molecule has 0 fully saturated rings. The van der Waals surface area contributed by atoms with Gasteiger partial charge in [0.15, 0.2) is 17.4 Å². The van der Waals surface area contributed by atoms with Crippen LogP contribution >= 0.6 is 0 Å². The van der Waals surface area contributed by atoms with E-state index in [0.717, 1.165) is 6.42 Å². The average molecular weight is 136 g/mol. The minimum Gasteiger partial charge on any atom is -0.343 e. The Balaban J connectivity index is -0.000000180. The average Bonchev–Trinajstić information content (AvgIpc) is 1.69. The summed E-state index contributed by atoms with van der Waals surface area (Å²) in [5.74, 6) is 0. The first kappa shape index (κ1) is 16.6. The zero-order valence-electron chi connectivity index (χ0n) is 6.24. The van der Waals surface area contributed by atoms with E-state index < -0.39 is 0 Å². The largest absolute Gasteiger partial charge is 1.00 e. The van der Waals surface area contributed by atoms with Gasteiger partial charge in [-0.3, -0.25) is 0 Å². The van der Waals surface area contributed by atoms with Gasteiger partial charge in [-0.2, -0.15) is 6.42 Å². The van der Waals surface area contributed by atoms with Gasteiger partial charge in [-0.1, -0.05) is 32.6 Å². The smallest absolute Gasteiger partial charge is 0.343 e. The fourth-order valence-corrected chi connectivity index (χ4v) is 0.604. The van der Waals surface area contributed by atoms with E-state index in [1.54, 1.807) is 0 Å². The zero-order chi connectivity index (χ0) is 5.54. The number of rotatable bonds is 4. The van der Waals surface area contributed by atoms with Crippen LogP contribution in [0.4, 0.5) is 0 Å². The predicted molar refractivity (Wildman–Crippen MR) is 44.1 cm³/mol. The van der Waals surface area contributed by atoms with E-state index in [1.807, 2.05) is 0 Å². The monoisotopic (exact) mass is 136 g/mol. The van der Waals surface area contributed by atoms with E-state index in [2.05, 4.69) is 13.8 Å². The maximum atomic E-state index is 3.76. The summed E-state index contributed by atoms with van der Waals surface area (Å²) in [4.78, 5) is 0. The van der Waals surface area contributed by atoms with Crippen molar-refractivity contribution in [2.24, 2.45) is 0 Å². The second-order valence-electron chi connectivity index (χ2n) is 1.91. The summed E-state index contributed by atoms with van der Waals surface area (Å²) in [6, 6.07) is 0. The van der Waals surface area contributed by atoms with Crippen molar-refractivity contribution in [3.63, 3.8) is 0 Å². The van der Waals surface area contributed by atoms with Crippen LogP contribution in [-0.2, 0) is 0 Å². The second-order valence-corrected chi connectivity index (χ2v) is 1.91. The standard InChI is InChI=1S/C7H15.Al.Li.3H/c1-3-5-7-6-4-2;;;;;/h1,3-7H2,2H3;;;;;/q-1;;+1;;;. The molecule has 0 atom stereocenters. The molecule has 0 aliphatic heterocycles. The molecule has 0 aromatic carbocycles. The molecule has 2 heteroatoms. The van der Waals surface area contributed by atoms with Crippen LogP contribution in [-0.4, -0.2) is 17.4 Å². The van der Waals surface area contributed by atoms with Crippen molar-refractivity contribution in [2.75, 3.05) is 0 Å². The molecule has 0 unspecified atom stereocenters. The predicted octanol–water partition coefficient (Wildman–Crippen LogP) is -1.39. The fourth-order valence-electron chi connectivity index (χ4n) is 0.604. The Kier molecular flexibility index (Phi) is 29.6. The molecule has 0 heterocycles. The Morgan fingerprint density at radius 2 is 1.67 bits per heavy atom. The molecule has 0 bridgehead atoms. The number of hydrogen-bond donors (Lipinski definition) is 0. The van der Waals surface area contributed by atoms with Crippen molar-refractivity contribution in [2.45, 2.75) is 39.0 Å². The summed E-state index contributed by atoms with van der Waals surface area (Å²) in [5.41, 5.74) is 0. The molecule has 0 nitrogen and oxygen atoms in total. The molecule has 0 saturated carbocycles. The van der Waals surface area contributed by atoms with E-state index in [0.29, 0.717) is 0 Å². The first-order valence-corrected chi connectivity index (χ1v) is 3.21. The quantitative estimate of drug-likeness (QED) is 0.253. The van der Waals surface area contributed by atoms with E-state index in [-0.39, 0.29) is 36.2 Å². The van der Waals surface area contributed by atoms with Gasteiger partial charge in [-0.25, -0.2) is 0 Å². The van der Waals surface area contributed by atoms with Gasteiger partial charge in [-0.15, -0.1) is 0 Å². The molecule has 0 aliphatic rings. The Hall–Kier alpha value is 1.13. The van der Waals surface area contributed by atoms with E-state index in [9.17, 15) is 0 Å². The maximum absolute atomic E-state index is 3.76. The van der Waals surface area contributed by atoms with Crippen LogP contribution in [0.3, 0.4) is 0 Å². The summed E-state index contributed by atoms with van der Waals surface area (Å²) in [7, 11) is 0. The van der Waals surface area contributed by atoms with Gasteiger partial charge in [0.1, 0.15) is 0 Å². The SMILES string of the molecule is [AlH3].[CH2-]CCCCCC.[Li+]. The molecule has 50 valence electrons. The number of hydrogen-bond acceptors (Lipinski definition) is 0. The van der Waals surface area contributed by atoms with Gasteiger partial charge >= 0.3 is 18.9 Å². The fraction of sp³-hybridized carbons (Fsp3) is 0.857. The van der Waals surface area contributed by atoms with Gasteiger partial charge in [0.05, 0.1) is 0 Å². The summed E-state index contributed by atoms with van der Waals surface area (Å²) < 4.78 is 0. The van der Waals surface area contributed by atoms with Crippen LogP contribution in [0.25, 0.3) is 0 Å². The molecule has 0 saturated heterocycles. The van der Waals surface area contributed by atoms with Gasteiger partial charge in [-0.05, 0) is 0 Å². The first-order chi connectivity index (χ1) is 3.41. The molecule has 9 heavy (non-hydrogen) atoms. The molecule has 0 aromatic rings. The molecular formula is C7H18AlLi. The Bertz CT molecular complexity index is 28.1. The molecule has 0 spiro atoms. The van der Waals surface area contributed by atoms with Crippen LogP contribution in [0.1, 0.15) is 39.0 Å². The summed E-state index contributed by atoms with van der Waals surface area (Å²) >= 11 is 0. The maximum Gasteiger partial charge on any atom is 1.00 e. The third kappa shape index (κ3) is 17.6. The second kappa shape index (κ2) is 16.1. The van der Waals surface area contributed by atoms with Gasteiger partial charge in [0.25, 0.3) is 0 Å². The third-order valence-corrected chi connectivity index (χ3v) is 1.10. The van der Waals surface area contributed by atoms with E-state index in [1.165, 1.54) is 25.7 Å². The van der Waals surface area contributed by atoms with Gasteiger partial charge in [0.2, 0.25) is 0 Å².